The molecule has 0 bridgehead atoms. The third-order valence-electron chi connectivity index (χ3n) is 10.0. The summed E-state index contributed by atoms with van der Waals surface area (Å²) in [5.74, 6) is -1.02. The van der Waals surface area contributed by atoms with Gasteiger partial charge in [0, 0.05) is 31.9 Å². The van der Waals surface area contributed by atoms with Gasteiger partial charge in [0.25, 0.3) is 5.91 Å². The van der Waals surface area contributed by atoms with E-state index in [9.17, 15) is 24.3 Å². The van der Waals surface area contributed by atoms with Crippen molar-refractivity contribution in [2.24, 2.45) is 11.3 Å². The van der Waals surface area contributed by atoms with E-state index < -0.39 is 41.6 Å². The van der Waals surface area contributed by atoms with Gasteiger partial charge in [0.1, 0.15) is 12.1 Å². The molecule has 2 aromatic carbocycles. The molecule has 13 nitrogen and oxygen atoms in total. The van der Waals surface area contributed by atoms with Gasteiger partial charge in [0.2, 0.25) is 5.91 Å². The number of nitrogens with one attached hydrogen (secondary N) is 3. The molecule has 55 heavy (non-hydrogen) atoms. The lowest BCUT2D eigenvalue weighted by Gasteiger charge is -2.36. The number of aryl methyl sites for hydroxylation is 2. The van der Waals surface area contributed by atoms with Crippen molar-refractivity contribution in [3.63, 3.8) is 0 Å². The first-order valence-corrected chi connectivity index (χ1v) is 19.1. The summed E-state index contributed by atoms with van der Waals surface area (Å²) in [4.78, 5) is 62.3. The van der Waals surface area contributed by atoms with Gasteiger partial charge in [-0.2, -0.15) is 0 Å². The number of carbonyl (C=O) groups is 4. The lowest BCUT2D eigenvalue weighted by Crippen LogP contribution is -2.60. The van der Waals surface area contributed by atoms with Gasteiger partial charge in [-0.15, -0.1) is 0 Å². The Bertz CT molecular complexity index is 1750. The molecule has 4 rings (SSSR count). The van der Waals surface area contributed by atoms with Crippen LogP contribution in [-0.4, -0.2) is 99.8 Å². The van der Waals surface area contributed by atoms with E-state index >= 15 is 0 Å². The van der Waals surface area contributed by atoms with Crippen LogP contribution >= 0.6 is 0 Å². The average Bonchev–Trinajstić information content (AvgIpc) is 3.48. The Morgan fingerprint density at radius 2 is 1.64 bits per heavy atom. The second-order valence-corrected chi connectivity index (χ2v) is 15.7. The summed E-state index contributed by atoms with van der Waals surface area (Å²) in [7, 11) is 1.24. The maximum absolute atomic E-state index is 14.4. The molecular weight excluding hydrogens is 699 g/mol. The highest BCUT2D eigenvalue weighted by Gasteiger charge is 2.41. The molecule has 4 N–H and O–H groups in total. The third-order valence-corrected chi connectivity index (χ3v) is 10.0. The topological polar surface area (TPSA) is 156 Å². The number of aromatic nitrogens is 1. The highest BCUT2D eigenvalue weighted by atomic mass is 16.5. The number of hydrogen-bond acceptors (Lipinski definition) is 8. The summed E-state index contributed by atoms with van der Waals surface area (Å²) in [6.45, 7) is 14.7. The van der Waals surface area contributed by atoms with Crippen molar-refractivity contribution in [1.82, 2.24) is 35.9 Å². The number of nitrogens with zero attached hydrogens (tertiary/aromatic N) is 4. The summed E-state index contributed by atoms with van der Waals surface area (Å²) in [6, 6.07) is 20.3. The number of rotatable bonds is 17. The van der Waals surface area contributed by atoms with Gasteiger partial charge in [0.05, 0.1) is 31.5 Å². The quantitative estimate of drug-likeness (QED) is 0.144. The van der Waals surface area contributed by atoms with Crippen molar-refractivity contribution in [2.45, 2.75) is 98.6 Å². The van der Waals surface area contributed by atoms with Crippen molar-refractivity contribution in [1.29, 1.82) is 0 Å². The normalized spacial score (nSPS) is 15.9. The fourth-order valence-electron chi connectivity index (χ4n) is 6.85. The van der Waals surface area contributed by atoms with Crippen molar-refractivity contribution in [3.8, 4) is 0 Å². The van der Waals surface area contributed by atoms with Crippen molar-refractivity contribution >= 4 is 23.9 Å². The number of amides is 5. The van der Waals surface area contributed by atoms with Gasteiger partial charge in [-0.1, -0.05) is 107 Å². The van der Waals surface area contributed by atoms with Gasteiger partial charge < -0.3 is 30.3 Å². The molecule has 1 saturated heterocycles. The van der Waals surface area contributed by atoms with E-state index in [1.807, 2.05) is 121 Å². The van der Waals surface area contributed by atoms with E-state index in [0.717, 1.165) is 28.1 Å². The second kappa shape index (κ2) is 19.5. The summed E-state index contributed by atoms with van der Waals surface area (Å²) in [5, 5.41) is 19.4. The summed E-state index contributed by atoms with van der Waals surface area (Å²) >= 11 is 0. The standard InChI is InChI=1S/C42H59N7O6/c1-9-29(3)36(49-22-21-47(41(49)54)26-33-20-14-16-30(4)43-33)38(51)44-34(24-31-17-11-10-12-18-31)35(50)27-48(25-32-19-13-15-28(2)23-32)46-39(52)37(42(5,6)7)45-40(53)55-8/h10-20,23,29,34-37,50H,9,21-22,24-27H2,1-8H3,(H,44,51)(H,45,53)(H,46,52). The van der Waals surface area contributed by atoms with Crippen LogP contribution in [0.2, 0.25) is 0 Å². The Balaban J connectivity index is 1.61. The molecule has 0 spiro atoms. The number of carbonyl (C=O) groups excluding carboxylic acids is 4. The minimum absolute atomic E-state index is 0.0690. The number of hydrogen-bond donors (Lipinski definition) is 4. The average molecular weight is 758 g/mol. The van der Waals surface area contributed by atoms with E-state index in [1.165, 1.54) is 7.11 Å². The highest BCUT2D eigenvalue weighted by Crippen LogP contribution is 2.24. The molecule has 13 heteroatoms. The number of methoxy groups -OCH3 is 1. The number of alkyl carbamates (subject to hydrolysis) is 1. The minimum Gasteiger partial charge on any atom is -0.453 e. The van der Waals surface area contributed by atoms with Crippen molar-refractivity contribution in [3.05, 3.63) is 101 Å². The van der Waals surface area contributed by atoms with Crippen LogP contribution in [0.3, 0.4) is 0 Å². The molecule has 1 aromatic heterocycles. The lowest BCUT2D eigenvalue weighted by molar-refractivity contribution is -0.132. The van der Waals surface area contributed by atoms with Gasteiger partial charge in [0.15, 0.2) is 0 Å². The Hall–Kier alpha value is -5.01. The van der Waals surface area contributed by atoms with Gasteiger partial charge in [-0.05, 0) is 54.9 Å². The number of aliphatic hydroxyl groups is 1. The number of hydrazine groups is 1. The van der Waals surface area contributed by atoms with E-state index in [4.69, 9.17) is 4.74 Å². The molecule has 1 aliphatic rings. The Morgan fingerprint density at radius 3 is 2.27 bits per heavy atom. The second-order valence-electron chi connectivity index (χ2n) is 15.7. The maximum atomic E-state index is 14.4. The van der Waals surface area contributed by atoms with Crippen LogP contribution in [0.25, 0.3) is 0 Å². The van der Waals surface area contributed by atoms with Crippen LogP contribution in [0.15, 0.2) is 72.8 Å². The molecule has 0 saturated carbocycles. The molecule has 5 unspecified atom stereocenters. The molecule has 3 aromatic rings. The van der Waals surface area contributed by atoms with Crippen LogP contribution in [0.1, 0.15) is 69.1 Å². The summed E-state index contributed by atoms with van der Waals surface area (Å²) in [6.07, 6.45) is -0.973. The lowest BCUT2D eigenvalue weighted by atomic mass is 9.86. The molecular formula is C42H59N7O6. The fourth-order valence-corrected chi connectivity index (χ4v) is 6.85. The number of aliphatic hydroxyl groups excluding tert-OH is 1. The SMILES string of the molecule is CCC(C)C(C(=O)NC(Cc1ccccc1)C(O)CN(Cc1cccc(C)c1)NC(=O)C(NC(=O)OC)C(C)(C)C)N1CCN(Cc2cccc(C)n2)C1=O. The molecule has 2 heterocycles. The van der Waals surface area contributed by atoms with E-state index in [0.29, 0.717) is 32.5 Å². The minimum atomic E-state index is -1.17. The summed E-state index contributed by atoms with van der Waals surface area (Å²) in [5.41, 5.74) is 6.72. The van der Waals surface area contributed by atoms with Crippen LogP contribution in [0.5, 0.6) is 0 Å². The first-order valence-electron chi connectivity index (χ1n) is 19.1. The van der Waals surface area contributed by atoms with Gasteiger partial charge >= 0.3 is 12.1 Å². The molecule has 5 atom stereocenters. The van der Waals surface area contributed by atoms with Crippen molar-refractivity contribution in [2.75, 3.05) is 26.7 Å². The number of pyridine rings is 1. The van der Waals surface area contributed by atoms with Gasteiger partial charge in [-0.25, -0.2) is 14.6 Å². The van der Waals surface area contributed by atoms with Crippen LogP contribution in [-0.2, 0) is 33.8 Å². The largest absolute Gasteiger partial charge is 0.453 e. The van der Waals surface area contributed by atoms with Crippen LogP contribution in [0, 0.1) is 25.2 Å². The zero-order valence-electron chi connectivity index (χ0n) is 33.5. The molecule has 298 valence electrons. The van der Waals surface area contributed by atoms with Crippen molar-refractivity contribution < 1.29 is 29.0 Å². The molecule has 0 aliphatic carbocycles. The summed E-state index contributed by atoms with van der Waals surface area (Å²) < 4.78 is 4.80. The van der Waals surface area contributed by atoms with E-state index in [2.05, 4.69) is 21.0 Å². The Labute approximate surface area is 325 Å². The highest BCUT2D eigenvalue weighted by molar-refractivity contribution is 5.88. The van der Waals surface area contributed by atoms with E-state index in [1.54, 1.807) is 14.8 Å². The van der Waals surface area contributed by atoms with Gasteiger partial charge in [-0.3, -0.25) is 20.0 Å². The smallest absolute Gasteiger partial charge is 0.407 e. The zero-order valence-corrected chi connectivity index (χ0v) is 33.5. The number of ether oxygens (including phenoxy) is 1. The van der Waals surface area contributed by atoms with Crippen LogP contribution < -0.4 is 16.1 Å². The predicted molar refractivity (Wildman–Crippen MR) is 211 cm³/mol. The van der Waals surface area contributed by atoms with Crippen LogP contribution in [0.4, 0.5) is 9.59 Å². The molecule has 0 radical (unpaired) electrons. The molecule has 1 fully saturated rings. The predicted octanol–water partition coefficient (Wildman–Crippen LogP) is 4.74. The zero-order chi connectivity index (χ0) is 40.3. The number of benzene rings is 2. The van der Waals surface area contributed by atoms with E-state index in [-0.39, 0.29) is 30.9 Å². The number of urea groups is 1. The first-order chi connectivity index (χ1) is 26.1. The Kier molecular flexibility index (Phi) is 15.2. The third kappa shape index (κ3) is 12.2. The molecule has 1 aliphatic heterocycles. The molecule has 5 amide bonds. The fraction of sp³-hybridized carbons (Fsp3) is 0.500. The Morgan fingerprint density at radius 1 is 0.945 bits per heavy atom. The monoisotopic (exact) mass is 757 g/mol. The maximum Gasteiger partial charge on any atom is 0.407 e. The first kappa shape index (κ1) is 42.7.